The van der Waals surface area contributed by atoms with E-state index in [1.807, 2.05) is 27.7 Å². The summed E-state index contributed by atoms with van der Waals surface area (Å²) in [5, 5.41) is 4.53. The van der Waals surface area contributed by atoms with Crippen LogP contribution in [0.4, 0.5) is 0 Å². The zero-order valence-corrected chi connectivity index (χ0v) is 10.00. The van der Waals surface area contributed by atoms with Crippen LogP contribution in [0.2, 0.25) is 0 Å². The second kappa shape index (κ2) is 3.77. The highest BCUT2D eigenvalue weighted by Gasteiger charge is 2.16. The average Bonchev–Trinajstić information content (AvgIpc) is 2.61. The summed E-state index contributed by atoms with van der Waals surface area (Å²) in [7, 11) is 0. The number of pyridine rings is 1. The van der Waals surface area contributed by atoms with Crippen molar-refractivity contribution < 1.29 is 4.52 Å². The quantitative estimate of drug-likeness (QED) is 0.846. The van der Waals surface area contributed by atoms with E-state index < -0.39 is 0 Å². The summed E-state index contributed by atoms with van der Waals surface area (Å²) in [6.45, 7) is 8.04. The SMILES string of the molecule is CC(C)c1cc(=O)c2c(C(C)C)noc2[nH]1. The third kappa shape index (κ3) is 1.64. The number of nitrogens with one attached hydrogen (secondary N) is 1. The minimum absolute atomic E-state index is 0.0117. The number of nitrogens with zero attached hydrogens (tertiary/aromatic N) is 1. The van der Waals surface area contributed by atoms with Crippen molar-refractivity contribution in [1.82, 2.24) is 10.1 Å². The lowest BCUT2D eigenvalue weighted by molar-refractivity contribution is 0.433. The molecule has 0 radical (unpaired) electrons. The maximum Gasteiger partial charge on any atom is 0.240 e. The molecule has 4 heteroatoms. The van der Waals surface area contributed by atoms with Crippen molar-refractivity contribution in [3.8, 4) is 0 Å². The van der Waals surface area contributed by atoms with Gasteiger partial charge in [-0.1, -0.05) is 32.9 Å². The van der Waals surface area contributed by atoms with Crippen molar-refractivity contribution in [3.63, 3.8) is 0 Å². The van der Waals surface area contributed by atoms with Gasteiger partial charge in [-0.3, -0.25) is 4.79 Å². The molecular weight excluding hydrogens is 204 g/mol. The number of fused-ring (bicyclic) bond motifs is 1. The predicted octanol–water partition coefficient (Wildman–Crippen LogP) is 2.76. The number of aromatic nitrogens is 2. The van der Waals surface area contributed by atoms with Crippen LogP contribution in [0.3, 0.4) is 0 Å². The van der Waals surface area contributed by atoms with E-state index >= 15 is 0 Å². The minimum Gasteiger partial charge on any atom is -0.337 e. The van der Waals surface area contributed by atoms with Gasteiger partial charge in [0.05, 0.1) is 5.69 Å². The fourth-order valence-electron chi connectivity index (χ4n) is 1.71. The summed E-state index contributed by atoms with van der Waals surface area (Å²) in [6, 6.07) is 1.63. The van der Waals surface area contributed by atoms with Crippen molar-refractivity contribution in [2.75, 3.05) is 0 Å². The topological polar surface area (TPSA) is 58.9 Å². The summed E-state index contributed by atoms with van der Waals surface area (Å²) in [4.78, 5) is 15.1. The lowest BCUT2D eigenvalue weighted by Gasteiger charge is -2.04. The molecule has 2 aromatic rings. The Morgan fingerprint density at radius 1 is 1.25 bits per heavy atom. The van der Waals surface area contributed by atoms with E-state index in [9.17, 15) is 4.79 Å². The molecule has 16 heavy (non-hydrogen) atoms. The van der Waals surface area contributed by atoms with E-state index in [-0.39, 0.29) is 17.3 Å². The monoisotopic (exact) mass is 220 g/mol. The second-order valence-electron chi connectivity index (χ2n) is 4.67. The van der Waals surface area contributed by atoms with Gasteiger partial charge < -0.3 is 9.51 Å². The normalized spacial score (nSPS) is 11.9. The molecule has 0 fully saturated rings. The highest BCUT2D eigenvalue weighted by atomic mass is 16.5. The first-order valence-corrected chi connectivity index (χ1v) is 5.53. The number of rotatable bonds is 2. The third-order valence-corrected chi connectivity index (χ3v) is 2.68. The highest BCUT2D eigenvalue weighted by molar-refractivity contribution is 5.76. The Bertz CT molecular complexity index is 564. The zero-order chi connectivity index (χ0) is 11.9. The Balaban J connectivity index is 2.74. The zero-order valence-electron chi connectivity index (χ0n) is 10.00. The lowest BCUT2D eigenvalue weighted by atomic mass is 10.1. The molecule has 0 saturated heterocycles. The Morgan fingerprint density at radius 3 is 2.50 bits per heavy atom. The molecule has 0 amide bonds. The molecule has 0 bridgehead atoms. The van der Waals surface area contributed by atoms with Gasteiger partial charge in [0, 0.05) is 11.8 Å². The van der Waals surface area contributed by atoms with Gasteiger partial charge in [0.15, 0.2) is 5.43 Å². The van der Waals surface area contributed by atoms with Crippen LogP contribution in [0.25, 0.3) is 11.1 Å². The molecule has 2 rings (SSSR count). The highest BCUT2D eigenvalue weighted by Crippen LogP contribution is 2.22. The van der Waals surface area contributed by atoms with Gasteiger partial charge in [0.1, 0.15) is 5.39 Å². The molecule has 0 atom stereocenters. The maximum atomic E-state index is 12.0. The van der Waals surface area contributed by atoms with Crippen LogP contribution in [-0.2, 0) is 0 Å². The molecule has 2 aromatic heterocycles. The van der Waals surface area contributed by atoms with Gasteiger partial charge in [0.25, 0.3) is 0 Å². The molecule has 0 aliphatic rings. The van der Waals surface area contributed by atoms with E-state index in [1.165, 1.54) is 0 Å². The molecule has 0 unspecified atom stereocenters. The number of aromatic amines is 1. The Labute approximate surface area is 93.6 Å². The molecule has 0 aromatic carbocycles. The first-order valence-electron chi connectivity index (χ1n) is 5.53. The van der Waals surface area contributed by atoms with Gasteiger partial charge in [0.2, 0.25) is 5.71 Å². The summed E-state index contributed by atoms with van der Waals surface area (Å²) in [5.41, 5.74) is 2.08. The smallest absolute Gasteiger partial charge is 0.240 e. The predicted molar refractivity (Wildman–Crippen MR) is 62.8 cm³/mol. The molecule has 0 aliphatic heterocycles. The Kier molecular flexibility index (Phi) is 2.58. The largest absolute Gasteiger partial charge is 0.337 e. The summed E-state index contributed by atoms with van der Waals surface area (Å²) in [6.07, 6.45) is 0. The van der Waals surface area contributed by atoms with Gasteiger partial charge >= 0.3 is 0 Å². The van der Waals surface area contributed by atoms with Crippen LogP contribution in [0.5, 0.6) is 0 Å². The average molecular weight is 220 g/mol. The lowest BCUT2D eigenvalue weighted by Crippen LogP contribution is -2.07. The van der Waals surface area contributed by atoms with Crippen LogP contribution in [0.1, 0.15) is 50.9 Å². The van der Waals surface area contributed by atoms with Crippen molar-refractivity contribution in [3.05, 3.63) is 27.7 Å². The maximum absolute atomic E-state index is 12.0. The fraction of sp³-hybridized carbons (Fsp3) is 0.500. The van der Waals surface area contributed by atoms with E-state index in [4.69, 9.17) is 4.52 Å². The van der Waals surface area contributed by atoms with Crippen molar-refractivity contribution in [2.24, 2.45) is 0 Å². The van der Waals surface area contributed by atoms with Crippen LogP contribution in [-0.4, -0.2) is 10.1 Å². The van der Waals surface area contributed by atoms with Crippen molar-refractivity contribution in [2.45, 2.75) is 39.5 Å². The number of H-pyrrole nitrogens is 1. The molecule has 4 nitrogen and oxygen atoms in total. The van der Waals surface area contributed by atoms with Gasteiger partial charge in [-0.2, -0.15) is 0 Å². The van der Waals surface area contributed by atoms with Crippen LogP contribution in [0.15, 0.2) is 15.4 Å². The van der Waals surface area contributed by atoms with E-state index in [1.54, 1.807) is 6.07 Å². The minimum atomic E-state index is -0.0117. The van der Waals surface area contributed by atoms with Crippen LogP contribution < -0.4 is 5.43 Å². The molecular formula is C12H16N2O2. The number of hydrogen-bond acceptors (Lipinski definition) is 3. The molecule has 0 aliphatic carbocycles. The molecule has 0 saturated carbocycles. The molecule has 2 heterocycles. The van der Waals surface area contributed by atoms with Crippen LogP contribution in [0, 0.1) is 0 Å². The molecule has 1 N–H and O–H groups in total. The Hall–Kier alpha value is -1.58. The van der Waals surface area contributed by atoms with Gasteiger partial charge in [-0.15, -0.1) is 0 Å². The van der Waals surface area contributed by atoms with Gasteiger partial charge in [-0.05, 0) is 11.8 Å². The third-order valence-electron chi connectivity index (χ3n) is 2.68. The summed E-state index contributed by atoms with van der Waals surface area (Å²) >= 11 is 0. The summed E-state index contributed by atoms with van der Waals surface area (Å²) < 4.78 is 5.18. The Morgan fingerprint density at radius 2 is 1.94 bits per heavy atom. The standard InChI is InChI=1S/C12H16N2O2/c1-6(2)8-5-9(15)10-11(7(3)4)14-16-12(10)13-8/h5-7H,1-4H3,(H,13,15). The van der Waals surface area contributed by atoms with E-state index in [0.29, 0.717) is 11.1 Å². The molecule has 0 spiro atoms. The van der Waals surface area contributed by atoms with E-state index in [0.717, 1.165) is 11.4 Å². The van der Waals surface area contributed by atoms with Gasteiger partial charge in [-0.25, -0.2) is 0 Å². The fourth-order valence-corrected chi connectivity index (χ4v) is 1.71. The van der Waals surface area contributed by atoms with E-state index in [2.05, 4.69) is 10.1 Å². The van der Waals surface area contributed by atoms with Crippen molar-refractivity contribution in [1.29, 1.82) is 0 Å². The first-order chi connectivity index (χ1) is 7.50. The first kappa shape index (κ1) is 10.9. The van der Waals surface area contributed by atoms with Crippen LogP contribution >= 0.6 is 0 Å². The second-order valence-corrected chi connectivity index (χ2v) is 4.67. The molecule has 86 valence electrons. The number of hydrogen-bond donors (Lipinski definition) is 1. The summed E-state index contributed by atoms with van der Waals surface area (Å²) in [5.74, 6) is 0.456. The van der Waals surface area contributed by atoms with Crippen molar-refractivity contribution >= 4 is 11.1 Å².